The molecule has 1 saturated heterocycles. The minimum Gasteiger partial charge on any atom is -0.478 e. The van der Waals surface area contributed by atoms with Crippen LogP contribution in [0.2, 0.25) is 5.02 Å². The highest BCUT2D eigenvalue weighted by molar-refractivity contribution is 6.33. The minimum absolute atomic E-state index is 0. The van der Waals surface area contributed by atoms with Gasteiger partial charge in [0.05, 0.1) is 12.3 Å². The molecule has 0 bridgehead atoms. The quantitative estimate of drug-likeness (QED) is 0.605. The van der Waals surface area contributed by atoms with E-state index in [1.165, 1.54) is 45.3 Å². The maximum atomic E-state index is 6.28. The largest absolute Gasteiger partial charge is 0.478 e. The van der Waals surface area contributed by atoms with Crippen molar-refractivity contribution in [2.75, 3.05) is 26.2 Å². The average molecular weight is 396 g/mol. The van der Waals surface area contributed by atoms with Crippen LogP contribution in [0, 0.1) is 6.92 Å². The van der Waals surface area contributed by atoms with Gasteiger partial charge >= 0.3 is 0 Å². The summed E-state index contributed by atoms with van der Waals surface area (Å²) in [6.07, 6.45) is 6.30. The molecule has 6 heteroatoms. The predicted octanol–water partition coefficient (Wildman–Crippen LogP) is 5.17. The van der Waals surface area contributed by atoms with Gasteiger partial charge in [-0.05, 0) is 58.3 Å². The van der Waals surface area contributed by atoms with E-state index in [0.717, 1.165) is 17.7 Å². The summed E-state index contributed by atoms with van der Waals surface area (Å²) in [6.45, 7) is 6.26. The third-order valence-corrected chi connectivity index (χ3v) is 4.86. The first-order chi connectivity index (χ1) is 12.2. The fraction of sp³-hybridized carbons (Fsp3) is 0.500. The Morgan fingerprint density at radius 3 is 2.62 bits per heavy atom. The molecule has 0 atom stereocenters. The number of rotatable bonds is 7. The molecule has 0 unspecified atom stereocenters. The molecule has 0 N–H and O–H groups in total. The molecular weight excluding hydrogens is 369 g/mol. The van der Waals surface area contributed by atoms with Crippen LogP contribution in [0.1, 0.15) is 37.9 Å². The molecule has 1 aliphatic heterocycles. The lowest BCUT2D eigenvalue weighted by Crippen LogP contribution is -2.30. The van der Waals surface area contributed by atoms with Gasteiger partial charge in [0, 0.05) is 16.7 Å². The Morgan fingerprint density at radius 2 is 1.85 bits per heavy atom. The van der Waals surface area contributed by atoms with Crippen molar-refractivity contribution in [2.24, 2.45) is 0 Å². The SMILES string of the molecule is Cc1nc(OCCCCN2CCCCC2)cc(-c2ccccc2Cl)n1.Cl. The van der Waals surface area contributed by atoms with E-state index in [1.807, 2.05) is 37.3 Å². The Balaban J connectivity index is 0.00000243. The fourth-order valence-corrected chi connectivity index (χ4v) is 3.45. The number of aromatic nitrogens is 2. The maximum Gasteiger partial charge on any atom is 0.217 e. The molecule has 4 nitrogen and oxygen atoms in total. The van der Waals surface area contributed by atoms with Gasteiger partial charge in [-0.25, -0.2) is 4.98 Å². The van der Waals surface area contributed by atoms with Gasteiger partial charge in [0.2, 0.25) is 5.88 Å². The summed E-state index contributed by atoms with van der Waals surface area (Å²) in [4.78, 5) is 11.4. The highest BCUT2D eigenvalue weighted by Crippen LogP contribution is 2.27. The summed E-state index contributed by atoms with van der Waals surface area (Å²) in [6, 6.07) is 9.58. The summed E-state index contributed by atoms with van der Waals surface area (Å²) in [5.41, 5.74) is 1.71. The molecular formula is C20H27Cl2N3O. The molecule has 2 aromatic rings. The Morgan fingerprint density at radius 1 is 1.08 bits per heavy atom. The maximum absolute atomic E-state index is 6.28. The first kappa shape index (κ1) is 20.9. The highest BCUT2D eigenvalue weighted by atomic mass is 35.5. The zero-order valence-electron chi connectivity index (χ0n) is 15.3. The number of unbranched alkanes of at least 4 members (excludes halogenated alkanes) is 1. The van der Waals surface area contributed by atoms with E-state index in [2.05, 4.69) is 14.9 Å². The number of likely N-dealkylation sites (tertiary alicyclic amines) is 1. The number of ether oxygens (including phenoxy) is 1. The molecule has 0 amide bonds. The van der Waals surface area contributed by atoms with E-state index in [1.54, 1.807) is 0 Å². The number of hydrogen-bond donors (Lipinski definition) is 0. The molecule has 1 fully saturated rings. The van der Waals surface area contributed by atoms with Crippen LogP contribution < -0.4 is 4.74 Å². The molecule has 142 valence electrons. The normalized spacial score (nSPS) is 14.7. The number of hydrogen-bond acceptors (Lipinski definition) is 4. The monoisotopic (exact) mass is 395 g/mol. The van der Waals surface area contributed by atoms with Crippen molar-refractivity contribution in [1.82, 2.24) is 14.9 Å². The van der Waals surface area contributed by atoms with Crippen LogP contribution in [-0.4, -0.2) is 41.1 Å². The Hall–Kier alpha value is -1.36. The van der Waals surface area contributed by atoms with E-state index in [4.69, 9.17) is 16.3 Å². The zero-order chi connectivity index (χ0) is 17.5. The summed E-state index contributed by atoms with van der Waals surface area (Å²) in [5, 5.41) is 0.688. The van der Waals surface area contributed by atoms with Crippen molar-refractivity contribution in [3.63, 3.8) is 0 Å². The van der Waals surface area contributed by atoms with Gasteiger partial charge in [-0.3, -0.25) is 0 Å². The smallest absolute Gasteiger partial charge is 0.217 e. The topological polar surface area (TPSA) is 38.2 Å². The molecule has 1 aliphatic rings. The summed E-state index contributed by atoms with van der Waals surface area (Å²) in [5.74, 6) is 1.32. The van der Waals surface area contributed by atoms with Crippen molar-refractivity contribution < 1.29 is 4.74 Å². The Labute approximate surface area is 167 Å². The first-order valence-corrected chi connectivity index (χ1v) is 9.56. The van der Waals surface area contributed by atoms with Gasteiger partial charge in [-0.15, -0.1) is 12.4 Å². The van der Waals surface area contributed by atoms with Crippen LogP contribution in [0.4, 0.5) is 0 Å². The van der Waals surface area contributed by atoms with Gasteiger partial charge in [0.25, 0.3) is 0 Å². The van der Waals surface area contributed by atoms with E-state index >= 15 is 0 Å². The Kier molecular flexibility index (Phi) is 8.63. The van der Waals surface area contributed by atoms with Crippen LogP contribution in [0.3, 0.4) is 0 Å². The second-order valence-electron chi connectivity index (χ2n) is 6.58. The molecule has 3 rings (SSSR count). The number of halogens is 2. The molecule has 0 saturated carbocycles. The fourth-order valence-electron chi connectivity index (χ4n) is 3.22. The van der Waals surface area contributed by atoms with Crippen LogP contribution in [0.15, 0.2) is 30.3 Å². The van der Waals surface area contributed by atoms with E-state index < -0.39 is 0 Å². The van der Waals surface area contributed by atoms with Gasteiger partial charge in [0.1, 0.15) is 5.82 Å². The lowest BCUT2D eigenvalue weighted by Gasteiger charge is -2.26. The predicted molar refractivity (Wildman–Crippen MR) is 109 cm³/mol. The summed E-state index contributed by atoms with van der Waals surface area (Å²) >= 11 is 6.28. The third-order valence-electron chi connectivity index (χ3n) is 4.53. The zero-order valence-corrected chi connectivity index (χ0v) is 16.9. The van der Waals surface area contributed by atoms with Gasteiger partial charge in [0.15, 0.2) is 0 Å². The second-order valence-corrected chi connectivity index (χ2v) is 6.98. The lowest BCUT2D eigenvalue weighted by atomic mass is 10.1. The van der Waals surface area contributed by atoms with Crippen LogP contribution in [0.25, 0.3) is 11.3 Å². The molecule has 0 aliphatic carbocycles. The average Bonchev–Trinajstić information content (AvgIpc) is 2.62. The molecule has 2 heterocycles. The molecule has 0 spiro atoms. The number of benzene rings is 1. The summed E-state index contributed by atoms with van der Waals surface area (Å²) in [7, 11) is 0. The molecule has 26 heavy (non-hydrogen) atoms. The number of nitrogens with zero attached hydrogens (tertiary/aromatic N) is 3. The van der Waals surface area contributed by atoms with Crippen molar-refractivity contribution in [1.29, 1.82) is 0 Å². The standard InChI is InChI=1S/C20H26ClN3O.ClH/c1-16-22-19(17-9-3-4-10-18(17)21)15-20(23-16)25-14-8-7-13-24-11-5-2-6-12-24;/h3-4,9-10,15H,2,5-8,11-14H2,1H3;1H. The van der Waals surface area contributed by atoms with Gasteiger partial charge < -0.3 is 9.64 Å². The van der Waals surface area contributed by atoms with Crippen LogP contribution in [-0.2, 0) is 0 Å². The van der Waals surface area contributed by atoms with Crippen molar-refractivity contribution in [3.8, 4) is 17.1 Å². The Bertz CT molecular complexity index is 691. The van der Waals surface area contributed by atoms with Crippen molar-refractivity contribution in [2.45, 2.75) is 39.0 Å². The number of aryl methyl sites for hydroxylation is 1. The summed E-state index contributed by atoms with van der Waals surface area (Å²) < 4.78 is 5.87. The molecule has 1 aromatic heterocycles. The van der Waals surface area contributed by atoms with Crippen LogP contribution >= 0.6 is 24.0 Å². The van der Waals surface area contributed by atoms with Gasteiger partial charge in [-0.1, -0.05) is 36.2 Å². The van der Waals surface area contributed by atoms with Crippen molar-refractivity contribution >= 4 is 24.0 Å². The molecule has 0 radical (unpaired) electrons. The number of piperidine rings is 1. The van der Waals surface area contributed by atoms with Crippen LogP contribution in [0.5, 0.6) is 5.88 Å². The van der Waals surface area contributed by atoms with E-state index in [-0.39, 0.29) is 12.4 Å². The van der Waals surface area contributed by atoms with E-state index in [9.17, 15) is 0 Å². The first-order valence-electron chi connectivity index (χ1n) is 9.18. The highest BCUT2D eigenvalue weighted by Gasteiger charge is 2.10. The molecule has 1 aromatic carbocycles. The van der Waals surface area contributed by atoms with E-state index in [0.29, 0.717) is 23.3 Å². The second kappa shape index (κ2) is 10.7. The third kappa shape index (κ3) is 6.11. The van der Waals surface area contributed by atoms with Gasteiger partial charge in [-0.2, -0.15) is 4.98 Å². The lowest BCUT2D eigenvalue weighted by molar-refractivity contribution is 0.215. The minimum atomic E-state index is 0. The van der Waals surface area contributed by atoms with Crippen molar-refractivity contribution in [3.05, 3.63) is 41.2 Å².